The van der Waals surface area contributed by atoms with E-state index in [9.17, 15) is 4.79 Å². The van der Waals surface area contributed by atoms with E-state index in [0.29, 0.717) is 19.4 Å². The van der Waals surface area contributed by atoms with Gasteiger partial charge in [0.15, 0.2) is 0 Å². The highest BCUT2D eigenvalue weighted by atomic mass is 16.5. The molecule has 0 saturated carbocycles. The molecule has 3 heteroatoms. The minimum Gasteiger partial charge on any atom is -0.466 e. The summed E-state index contributed by atoms with van der Waals surface area (Å²) in [5.41, 5.74) is 0. The maximum absolute atomic E-state index is 11.3. The molecule has 0 unspecified atom stereocenters. The van der Waals surface area contributed by atoms with Gasteiger partial charge >= 0.3 is 5.97 Å². The maximum atomic E-state index is 11.3. The van der Waals surface area contributed by atoms with Crippen LogP contribution in [-0.4, -0.2) is 24.3 Å². The van der Waals surface area contributed by atoms with E-state index in [1.807, 2.05) is 0 Å². The Hall–Kier alpha value is -0.570. The van der Waals surface area contributed by atoms with Crippen LogP contribution in [0.2, 0.25) is 0 Å². The molecule has 0 radical (unpaired) electrons. The molecular formula is C17H34O3. The monoisotopic (exact) mass is 286 g/mol. The van der Waals surface area contributed by atoms with Crippen molar-refractivity contribution in [3.8, 4) is 0 Å². The van der Waals surface area contributed by atoms with Crippen LogP contribution in [0.4, 0.5) is 0 Å². The van der Waals surface area contributed by atoms with Crippen molar-refractivity contribution >= 4 is 5.97 Å². The fourth-order valence-electron chi connectivity index (χ4n) is 2.26. The van der Waals surface area contributed by atoms with E-state index in [0.717, 1.165) is 12.8 Å². The minimum absolute atomic E-state index is 0.0890. The highest BCUT2D eigenvalue weighted by Crippen LogP contribution is 2.12. The first-order valence-electron chi connectivity index (χ1n) is 8.57. The second-order valence-electron chi connectivity index (χ2n) is 5.58. The maximum Gasteiger partial charge on any atom is 0.305 e. The van der Waals surface area contributed by atoms with Crippen molar-refractivity contribution in [1.82, 2.24) is 0 Å². The van der Waals surface area contributed by atoms with Crippen molar-refractivity contribution in [2.24, 2.45) is 0 Å². The quantitative estimate of drug-likeness (QED) is 0.353. The van der Waals surface area contributed by atoms with Crippen LogP contribution in [0.15, 0.2) is 0 Å². The summed E-state index contributed by atoms with van der Waals surface area (Å²) in [6, 6.07) is 0. The van der Waals surface area contributed by atoms with Gasteiger partial charge in [0.2, 0.25) is 0 Å². The average Bonchev–Trinajstić information content (AvgIpc) is 2.45. The Bertz CT molecular complexity index is 204. The number of hydrogen-bond acceptors (Lipinski definition) is 3. The number of rotatable bonds is 15. The summed E-state index contributed by atoms with van der Waals surface area (Å²) in [5, 5.41) is 8.57. The van der Waals surface area contributed by atoms with Gasteiger partial charge in [-0.3, -0.25) is 4.79 Å². The summed E-state index contributed by atoms with van der Waals surface area (Å²) in [6.45, 7) is 2.70. The first-order chi connectivity index (χ1) is 9.81. The average molecular weight is 286 g/mol. The molecule has 20 heavy (non-hydrogen) atoms. The number of ether oxygens (including phenoxy) is 1. The largest absolute Gasteiger partial charge is 0.466 e. The fraction of sp³-hybridized carbons (Fsp3) is 0.941. The topological polar surface area (TPSA) is 46.5 Å². The van der Waals surface area contributed by atoms with Crippen LogP contribution in [0.1, 0.15) is 90.4 Å². The van der Waals surface area contributed by atoms with E-state index < -0.39 is 0 Å². The first-order valence-corrected chi connectivity index (χ1v) is 8.57. The van der Waals surface area contributed by atoms with E-state index in [1.165, 1.54) is 57.8 Å². The zero-order valence-electron chi connectivity index (χ0n) is 13.4. The van der Waals surface area contributed by atoms with Gasteiger partial charge in [-0.15, -0.1) is 0 Å². The van der Waals surface area contributed by atoms with E-state index in [-0.39, 0.29) is 12.6 Å². The van der Waals surface area contributed by atoms with Crippen molar-refractivity contribution in [2.45, 2.75) is 90.4 Å². The van der Waals surface area contributed by atoms with Crippen molar-refractivity contribution in [1.29, 1.82) is 0 Å². The Morgan fingerprint density at radius 1 is 0.800 bits per heavy atom. The number of aliphatic hydroxyl groups is 1. The van der Waals surface area contributed by atoms with Crippen LogP contribution < -0.4 is 0 Å². The Morgan fingerprint density at radius 2 is 1.30 bits per heavy atom. The summed E-state index contributed by atoms with van der Waals surface area (Å²) in [7, 11) is 0. The van der Waals surface area contributed by atoms with Gasteiger partial charge in [0.25, 0.3) is 0 Å². The predicted molar refractivity (Wildman–Crippen MR) is 83.7 cm³/mol. The summed E-state index contributed by atoms with van der Waals surface area (Å²) in [5.74, 6) is -0.116. The Labute approximate surface area is 125 Å². The zero-order valence-corrected chi connectivity index (χ0v) is 13.4. The van der Waals surface area contributed by atoms with Gasteiger partial charge in [-0.1, -0.05) is 71.1 Å². The molecule has 0 amide bonds. The van der Waals surface area contributed by atoms with Crippen LogP contribution in [0.25, 0.3) is 0 Å². The molecule has 0 aromatic carbocycles. The number of unbranched alkanes of at least 4 members (excludes halogenated alkanes) is 10. The van der Waals surface area contributed by atoms with Crippen molar-refractivity contribution in [3.63, 3.8) is 0 Å². The van der Waals surface area contributed by atoms with Crippen molar-refractivity contribution in [2.75, 3.05) is 13.2 Å². The molecular weight excluding hydrogens is 252 g/mol. The lowest BCUT2D eigenvalue weighted by molar-refractivity contribution is -0.144. The van der Waals surface area contributed by atoms with Gasteiger partial charge in [-0.2, -0.15) is 0 Å². The third-order valence-corrected chi connectivity index (χ3v) is 3.55. The Balaban J connectivity index is 3.07. The SMILES string of the molecule is CCCCCCCCCCCCCC(=O)OCCCO. The molecule has 0 saturated heterocycles. The first kappa shape index (κ1) is 19.4. The molecule has 0 atom stereocenters. The molecule has 0 rings (SSSR count). The normalized spacial score (nSPS) is 10.7. The van der Waals surface area contributed by atoms with E-state index in [4.69, 9.17) is 9.84 Å². The van der Waals surface area contributed by atoms with Crippen LogP contribution in [0, 0.1) is 0 Å². The van der Waals surface area contributed by atoms with Crippen LogP contribution in [0.5, 0.6) is 0 Å². The van der Waals surface area contributed by atoms with Gasteiger partial charge in [-0.25, -0.2) is 0 Å². The summed E-state index contributed by atoms with van der Waals surface area (Å²) in [4.78, 5) is 11.3. The molecule has 0 aliphatic heterocycles. The van der Waals surface area contributed by atoms with Crippen molar-refractivity contribution in [3.05, 3.63) is 0 Å². The lowest BCUT2D eigenvalue weighted by Gasteiger charge is -2.04. The number of carbonyl (C=O) groups is 1. The van der Waals surface area contributed by atoms with E-state index >= 15 is 0 Å². The molecule has 0 aliphatic rings. The standard InChI is InChI=1S/C17H34O3/c1-2-3-4-5-6-7-8-9-10-11-12-14-17(19)20-16-13-15-18/h18H,2-16H2,1H3. The Morgan fingerprint density at radius 3 is 1.80 bits per heavy atom. The second-order valence-corrected chi connectivity index (χ2v) is 5.58. The molecule has 3 nitrogen and oxygen atoms in total. The molecule has 120 valence electrons. The number of esters is 1. The highest BCUT2D eigenvalue weighted by Gasteiger charge is 2.01. The molecule has 0 spiro atoms. The minimum atomic E-state index is -0.116. The number of aliphatic hydroxyl groups excluding tert-OH is 1. The van der Waals surface area contributed by atoms with Gasteiger partial charge in [0.05, 0.1) is 6.61 Å². The third kappa shape index (κ3) is 15.5. The number of hydrogen-bond donors (Lipinski definition) is 1. The molecule has 0 aromatic rings. The molecule has 0 aromatic heterocycles. The molecule has 0 aliphatic carbocycles. The lowest BCUT2D eigenvalue weighted by Crippen LogP contribution is -2.06. The second kappa shape index (κ2) is 16.5. The van der Waals surface area contributed by atoms with Gasteiger partial charge in [0.1, 0.15) is 0 Å². The zero-order chi connectivity index (χ0) is 14.9. The van der Waals surface area contributed by atoms with E-state index in [2.05, 4.69) is 6.92 Å². The van der Waals surface area contributed by atoms with Crippen LogP contribution in [0.3, 0.4) is 0 Å². The summed E-state index contributed by atoms with van der Waals surface area (Å²) in [6.07, 6.45) is 15.3. The molecule has 1 N–H and O–H groups in total. The van der Waals surface area contributed by atoms with Crippen LogP contribution in [-0.2, 0) is 9.53 Å². The summed E-state index contributed by atoms with van der Waals surface area (Å²) < 4.78 is 4.98. The van der Waals surface area contributed by atoms with E-state index in [1.54, 1.807) is 0 Å². The predicted octanol–water partition coefficient (Wildman–Crippen LogP) is 4.61. The van der Waals surface area contributed by atoms with Crippen LogP contribution >= 0.6 is 0 Å². The molecule has 0 fully saturated rings. The molecule has 0 bridgehead atoms. The Kier molecular flexibility index (Phi) is 16.0. The van der Waals surface area contributed by atoms with Gasteiger partial charge in [-0.05, 0) is 6.42 Å². The molecule has 0 heterocycles. The summed E-state index contributed by atoms with van der Waals surface area (Å²) >= 11 is 0. The van der Waals surface area contributed by atoms with Gasteiger partial charge < -0.3 is 9.84 Å². The third-order valence-electron chi connectivity index (χ3n) is 3.55. The highest BCUT2D eigenvalue weighted by molar-refractivity contribution is 5.69. The fourth-order valence-corrected chi connectivity index (χ4v) is 2.26. The number of carbonyl (C=O) groups excluding carboxylic acids is 1. The lowest BCUT2D eigenvalue weighted by atomic mass is 10.1. The van der Waals surface area contributed by atoms with Crippen molar-refractivity contribution < 1.29 is 14.6 Å². The van der Waals surface area contributed by atoms with Gasteiger partial charge in [0, 0.05) is 19.4 Å². The smallest absolute Gasteiger partial charge is 0.305 e.